The number of nitrogens with zero attached hydrogens (tertiary/aromatic N) is 2. The second-order valence-electron chi connectivity index (χ2n) is 7.08. The van der Waals surface area contributed by atoms with Crippen molar-refractivity contribution >= 4 is 51.5 Å². The second-order valence-corrected chi connectivity index (χ2v) is 8.78. The molecule has 0 radical (unpaired) electrons. The van der Waals surface area contributed by atoms with E-state index in [0.29, 0.717) is 46.7 Å². The molecule has 1 aliphatic heterocycles. The van der Waals surface area contributed by atoms with E-state index in [2.05, 4.69) is 10.3 Å². The van der Waals surface area contributed by atoms with Crippen molar-refractivity contribution < 1.29 is 9.59 Å². The molecule has 154 valence electrons. The van der Waals surface area contributed by atoms with Crippen molar-refractivity contribution in [2.24, 2.45) is 5.92 Å². The summed E-state index contributed by atoms with van der Waals surface area (Å²) in [6, 6.07) is 14.3. The molecule has 2 amide bonds. The van der Waals surface area contributed by atoms with Gasteiger partial charge in [0.25, 0.3) is 5.91 Å². The van der Waals surface area contributed by atoms with Crippen LogP contribution in [0.25, 0.3) is 11.3 Å². The van der Waals surface area contributed by atoms with Crippen LogP contribution >= 0.6 is 34.5 Å². The smallest absolute Gasteiger partial charge is 0.253 e. The van der Waals surface area contributed by atoms with Gasteiger partial charge in [-0.15, -0.1) is 11.3 Å². The maximum atomic E-state index is 12.7. The third kappa shape index (κ3) is 4.67. The molecule has 4 rings (SSSR count). The van der Waals surface area contributed by atoms with E-state index in [9.17, 15) is 9.59 Å². The topological polar surface area (TPSA) is 62.3 Å². The summed E-state index contributed by atoms with van der Waals surface area (Å²) in [7, 11) is 0. The Bertz CT molecular complexity index is 1060. The normalized spacial score (nSPS) is 14.5. The molecule has 1 N–H and O–H groups in total. The van der Waals surface area contributed by atoms with E-state index in [1.54, 1.807) is 29.2 Å². The minimum absolute atomic E-state index is 0.0326. The molecular weight excluding hydrogens is 441 g/mol. The van der Waals surface area contributed by atoms with E-state index < -0.39 is 0 Å². The van der Waals surface area contributed by atoms with E-state index in [4.69, 9.17) is 23.2 Å². The molecule has 5 nitrogen and oxygen atoms in total. The SMILES string of the molecule is O=C(Nc1nc(-c2ccccc2Cl)cs1)C1CCN(C(=O)c2ccc(Cl)cc2)CC1. The van der Waals surface area contributed by atoms with Gasteiger partial charge in [0, 0.05) is 45.6 Å². The standard InChI is InChI=1S/C22H19Cl2N3O2S/c23-16-7-5-15(6-8-16)21(29)27-11-9-14(10-12-27)20(28)26-22-25-19(13-30-22)17-3-1-2-4-18(17)24/h1-8,13-14H,9-12H2,(H,25,26,28). The quantitative estimate of drug-likeness (QED) is 0.551. The van der Waals surface area contributed by atoms with Crippen LogP contribution in [-0.4, -0.2) is 34.8 Å². The largest absolute Gasteiger partial charge is 0.339 e. The number of likely N-dealkylation sites (tertiary alicyclic amines) is 1. The monoisotopic (exact) mass is 459 g/mol. The van der Waals surface area contributed by atoms with Crippen LogP contribution in [0.15, 0.2) is 53.9 Å². The number of hydrogen-bond donors (Lipinski definition) is 1. The van der Waals surface area contributed by atoms with Crippen LogP contribution in [0.3, 0.4) is 0 Å². The number of carbonyl (C=O) groups is 2. The van der Waals surface area contributed by atoms with Crippen molar-refractivity contribution in [2.75, 3.05) is 18.4 Å². The third-order valence-electron chi connectivity index (χ3n) is 5.13. The number of nitrogens with one attached hydrogen (secondary N) is 1. The van der Waals surface area contributed by atoms with Gasteiger partial charge in [-0.2, -0.15) is 0 Å². The lowest BCUT2D eigenvalue weighted by molar-refractivity contribution is -0.121. The summed E-state index contributed by atoms with van der Waals surface area (Å²) in [6.45, 7) is 1.09. The number of benzene rings is 2. The van der Waals surface area contributed by atoms with Gasteiger partial charge in [0.1, 0.15) is 0 Å². The van der Waals surface area contributed by atoms with Crippen molar-refractivity contribution in [3.8, 4) is 11.3 Å². The fourth-order valence-corrected chi connectivity index (χ4v) is 4.52. The molecule has 0 bridgehead atoms. The van der Waals surface area contributed by atoms with Crippen LogP contribution in [0.4, 0.5) is 5.13 Å². The molecule has 30 heavy (non-hydrogen) atoms. The molecule has 1 aliphatic rings. The summed E-state index contributed by atoms with van der Waals surface area (Å²) in [6.07, 6.45) is 1.24. The Morgan fingerprint density at radius 2 is 1.73 bits per heavy atom. The molecule has 0 atom stereocenters. The van der Waals surface area contributed by atoms with Gasteiger partial charge in [-0.25, -0.2) is 4.98 Å². The first-order valence-electron chi connectivity index (χ1n) is 9.57. The highest BCUT2D eigenvalue weighted by Gasteiger charge is 2.28. The summed E-state index contributed by atoms with van der Waals surface area (Å²) in [5.74, 6) is -0.240. The fraction of sp³-hybridized carbons (Fsp3) is 0.227. The summed E-state index contributed by atoms with van der Waals surface area (Å²) in [5.41, 5.74) is 2.19. The van der Waals surface area contributed by atoms with Gasteiger partial charge in [-0.05, 0) is 43.2 Å². The zero-order valence-corrected chi connectivity index (χ0v) is 18.3. The molecule has 0 aliphatic carbocycles. The molecule has 1 aromatic heterocycles. The average Bonchev–Trinajstić information content (AvgIpc) is 3.22. The zero-order valence-electron chi connectivity index (χ0n) is 16.0. The number of piperidine rings is 1. The van der Waals surface area contributed by atoms with Crippen LogP contribution in [0.1, 0.15) is 23.2 Å². The minimum Gasteiger partial charge on any atom is -0.339 e. The molecule has 2 heterocycles. The molecule has 1 fully saturated rings. The van der Waals surface area contributed by atoms with E-state index in [1.165, 1.54) is 11.3 Å². The van der Waals surface area contributed by atoms with E-state index >= 15 is 0 Å². The van der Waals surface area contributed by atoms with Crippen molar-refractivity contribution in [1.82, 2.24) is 9.88 Å². The van der Waals surface area contributed by atoms with Crippen LogP contribution in [0, 0.1) is 5.92 Å². The molecule has 0 saturated carbocycles. The molecule has 3 aromatic rings. The van der Waals surface area contributed by atoms with E-state index in [-0.39, 0.29) is 17.7 Å². The van der Waals surface area contributed by atoms with Gasteiger partial charge in [-0.3, -0.25) is 9.59 Å². The van der Waals surface area contributed by atoms with Crippen molar-refractivity contribution in [3.05, 3.63) is 69.5 Å². The highest BCUT2D eigenvalue weighted by molar-refractivity contribution is 7.14. The minimum atomic E-state index is -0.146. The number of anilines is 1. The van der Waals surface area contributed by atoms with Gasteiger partial charge in [-0.1, -0.05) is 41.4 Å². The molecule has 1 saturated heterocycles. The zero-order chi connectivity index (χ0) is 21.1. The third-order valence-corrected chi connectivity index (χ3v) is 6.47. The van der Waals surface area contributed by atoms with E-state index in [0.717, 1.165) is 11.3 Å². The van der Waals surface area contributed by atoms with Crippen LogP contribution < -0.4 is 5.32 Å². The first-order valence-corrected chi connectivity index (χ1v) is 11.2. The Kier molecular flexibility index (Phi) is 6.37. The lowest BCUT2D eigenvalue weighted by atomic mass is 9.95. The number of hydrogen-bond acceptors (Lipinski definition) is 4. The first kappa shape index (κ1) is 20.8. The first-order chi connectivity index (χ1) is 14.5. The maximum Gasteiger partial charge on any atom is 0.253 e. The number of carbonyl (C=O) groups excluding carboxylic acids is 2. The Labute approximate surface area is 188 Å². The number of aromatic nitrogens is 1. The maximum absolute atomic E-state index is 12.7. The van der Waals surface area contributed by atoms with Gasteiger partial charge in [0.2, 0.25) is 5.91 Å². The molecule has 0 unspecified atom stereocenters. The number of thiazole rings is 1. The number of halogens is 2. The number of rotatable bonds is 4. The highest BCUT2D eigenvalue weighted by Crippen LogP contribution is 2.31. The second kappa shape index (κ2) is 9.16. The predicted molar refractivity (Wildman–Crippen MR) is 121 cm³/mol. The van der Waals surface area contributed by atoms with Gasteiger partial charge in [0.05, 0.1) is 5.69 Å². The molecule has 8 heteroatoms. The molecule has 0 spiro atoms. The summed E-state index contributed by atoms with van der Waals surface area (Å²) >= 11 is 13.5. The Morgan fingerprint density at radius 3 is 2.43 bits per heavy atom. The van der Waals surface area contributed by atoms with Crippen molar-refractivity contribution in [1.29, 1.82) is 0 Å². The average molecular weight is 460 g/mol. The Hall–Kier alpha value is -2.41. The van der Waals surface area contributed by atoms with Crippen molar-refractivity contribution in [3.63, 3.8) is 0 Å². The van der Waals surface area contributed by atoms with Crippen molar-refractivity contribution in [2.45, 2.75) is 12.8 Å². The van der Waals surface area contributed by atoms with Gasteiger partial charge in [0.15, 0.2) is 5.13 Å². The molecule has 2 aromatic carbocycles. The van der Waals surface area contributed by atoms with Crippen LogP contribution in [0.2, 0.25) is 10.0 Å². The lowest BCUT2D eigenvalue weighted by Crippen LogP contribution is -2.41. The Morgan fingerprint density at radius 1 is 1.03 bits per heavy atom. The van der Waals surface area contributed by atoms with E-state index in [1.807, 2.05) is 29.6 Å². The fourth-order valence-electron chi connectivity index (χ4n) is 3.45. The highest BCUT2D eigenvalue weighted by atomic mass is 35.5. The van der Waals surface area contributed by atoms with Gasteiger partial charge < -0.3 is 10.2 Å². The molecular formula is C22H19Cl2N3O2S. The van der Waals surface area contributed by atoms with Gasteiger partial charge >= 0.3 is 0 Å². The van der Waals surface area contributed by atoms with Crippen LogP contribution in [-0.2, 0) is 4.79 Å². The summed E-state index contributed by atoms with van der Waals surface area (Å²) in [5, 5.41) is 6.56. The summed E-state index contributed by atoms with van der Waals surface area (Å²) < 4.78 is 0. The lowest BCUT2D eigenvalue weighted by Gasteiger charge is -2.31. The van der Waals surface area contributed by atoms with Crippen LogP contribution in [0.5, 0.6) is 0 Å². The Balaban J connectivity index is 1.33. The predicted octanol–water partition coefficient (Wildman–Crippen LogP) is 5.61. The number of amides is 2. The summed E-state index contributed by atoms with van der Waals surface area (Å²) in [4.78, 5) is 31.6.